The number of para-hydroxylation sites is 1. The number of hydrogen-bond acceptors (Lipinski definition) is 3. The van der Waals surface area contributed by atoms with Gasteiger partial charge in [0.15, 0.2) is 0 Å². The lowest BCUT2D eigenvalue weighted by atomic mass is 10.1. The molecule has 0 spiro atoms. The van der Waals surface area contributed by atoms with E-state index in [1.807, 2.05) is 24.3 Å². The monoisotopic (exact) mass is 219 g/mol. The number of carbonyl (C=O) groups is 1. The van der Waals surface area contributed by atoms with Crippen LogP contribution in [0, 0.1) is 0 Å². The zero-order chi connectivity index (χ0) is 11.5. The highest BCUT2D eigenvalue weighted by molar-refractivity contribution is 5.99. The summed E-state index contributed by atoms with van der Waals surface area (Å²) in [5.41, 5.74) is 1.66. The summed E-state index contributed by atoms with van der Waals surface area (Å²) < 4.78 is 0. The van der Waals surface area contributed by atoms with Crippen LogP contribution in [0.5, 0.6) is 0 Å². The molecule has 4 nitrogen and oxygen atoms in total. The number of carbonyl (C=O) groups excluding carboxylic acids is 1. The van der Waals surface area contributed by atoms with Crippen LogP contribution in [-0.4, -0.2) is 44.0 Å². The predicted octanol–water partition coefficient (Wildman–Crippen LogP) is 0.772. The highest BCUT2D eigenvalue weighted by Gasteiger charge is 2.19. The molecule has 2 rings (SSSR count). The van der Waals surface area contributed by atoms with E-state index in [-0.39, 0.29) is 5.91 Å². The van der Waals surface area contributed by atoms with Crippen LogP contribution in [0.3, 0.4) is 0 Å². The number of rotatable bonds is 3. The third kappa shape index (κ3) is 2.17. The number of amides is 1. The van der Waals surface area contributed by atoms with Crippen LogP contribution in [0.1, 0.15) is 10.4 Å². The lowest BCUT2D eigenvalue weighted by molar-refractivity contribution is 0.0828. The Morgan fingerprint density at radius 1 is 1.38 bits per heavy atom. The Bertz CT molecular complexity index is 386. The lowest BCUT2D eigenvalue weighted by Gasteiger charge is -2.30. The topological polar surface area (TPSA) is 44.4 Å². The number of benzene rings is 1. The molecule has 0 unspecified atom stereocenters. The maximum atomic E-state index is 11.9. The van der Waals surface area contributed by atoms with Gasteiger partial charge in [0.2, 0.25) is 0 Å². The first-order valence-corrected chi connectivity index (χ1v) is 5.46. The largest absolute Gasteiger partial charge is 0.379 e. The molecule has 1 aliphatic heterocycles. The van der Waals surface area contributed by atoms with Crippen molar-refractivity contribution in [1.82, 2.24) is 10.2 Å². The maximum absolute atomic E-state index is 11.9. The molecule has 1 saturated heterocycles. The Labute approximate surface area is 95.6 Å². The van der Waals surface area contributed by atoms with E-state index in [1.54, 1.807) is 19.0 Å². The highest BCUT2D eigenvalue weighted by Crippen LogP contribution is 2.18. The fourth-order valence-electron chi connectivity index (χ4n) is 1.65. The van der Waals surface area contributed by atoms with E-state index >= 15 is 0 Å². The van der Waals surface area contributed by atoms with Gasteiger partial charge in [0, 0.05) is 32.9 Å². The summed E-state index contributed by atoms with van der Waals surface area (Å²) in [6.45, 7) is 1.93. The van der Waals surface area contributed by atoms with Crippen molar-refractivity contribution in [2.45, 2.75) is 6.04 Å². The quantitative estimate of drug-likeness (QED) is 0.789. The minimum atomic E-state index is 0.0374. The lowest BCUT2D eigenvalue weighted by Crippen LogP contribution is -2.51. The molecule has 86 valence electrons. The first kappa shape index (κ1) is 11.0. The van der Waals surface area contributed by atoms with E-state index < -0.39 is 0 Å². The van der Waals surface area contributed by atoms with Crippen molar-refractivity contribution in [2.24, 2.45) is 0 Å². The van der Waals surface area contributed by atoms with Crippen molar-refractivity contribution in [3.8, 4) is 0 Å². The van der Waals surface area contributed by atoms with E-state index in [2.05, 4.69) is 10.6 Å². The average molecular weight is 219 g/mol. The van der Waals surface area contributed by atoms with Crippen LogP contribution in [0.15, 0.2) is 24.3 Å². The Balaban J connectivity index is 2.19. The summed E-state index contributed by atoms with van der Waals surface area (Å²) in [5.74, 6) is 0.0374. The summed E-state index contributed by atoms with van der Waals surface area (Å²) in [4.78, 5) is 13.5. The zero-order valence-electron chi connectivity index (χ0n) is 9.66. The van der Waals surface area contributed by atoms with Gasteiger partial charge in [0.1, 0.15) is 0 Å². The molecule has 1 aromatic carbocycles. The van der Waals surface area contributed by atoms with Crippen LogP contribution in [0.4, 0.5) is 5.69 Å². The van der Waals surface area contributed by atoms with Crippen molar-refractivity contribution in [3.63, 3.8) is 0 Å². The van der Waals surface area contributed by atoms with Crippen molar-refractivity contribution in [1.29, 1.82) is 0 Å². The number of nitrogens with zero attached hydrogens (tertiary/aromatic N) is 1. The minimum absolute atomic E-state index is 0.0374. The molecular formula is C12H17N3O. The van der Waals surface area contributed by atoms with Gasteiger partial charge >= 0.3 is 0 Å². The molecule has 0 radical (unpaired) electrons. The SMILES string of the molecule is CN(C)C(=O)c1ccccc1NC1CNC1. The molecule has 2 N–H and O–H groups in total. The first-order chi connectivity index (χ1) is 7.68. The summed E-state index contributed by atoms with van der Waals surface area (Å²) in [5, 5.41) is 6.57. The van der Waals surface area contributed by atoms with E-state index in [0.717, 1.165) is 24.3 Å². The van der Waals surface area contributed by atoms with Crippen molar-refractivity contribution in [3.05, 3.63) is 29.8 Å². The minimum Gasteiger partial charge on any atom is -0.379 e. The van der Waals surface area contributed by atoms with Gasteiger partial charge in [-0.2, -0.15) is 0 Å². The van der Waals surface area contributed by atoms with Gasteiger partial charge < -0.3 is 15.5 Å². The second kappa shape index (κ2) is 4.53. The van der Waals surface area contributed by atoms with Crippen LogP contribution in [-0.2, 0) is 0 Å². The van der Waals surface area contributed by atoms with Gasteiger partial charge in [-0.25, -0.2) is 0 Å². The molecule has 1 aliphatic rings. The van der Waals surface area contributed by atoms with Crippen molar-refractivity contribution >= 4 is 11.6 Å². The first-order valence-electron chi connectivity index (χ1n) is 5.46. The molecule has 0 saturated carbocycles. The fourth-order valence-corrected chi connectivity index (χ4v) is 1.65. The molecule has 0 aromatic heterocycles. The Hall–Kier alpha value is -1.55. The van der Waals surface area contributed by atoms with E-state index in [0.29, 0.717) is 6.04 Å². The molecular weight excluding hydrogens is 202 g/mol. The van der Waals surface area contributed by atoms with Gasteiger partial charge in [-0.05, 0) is 12.1 Å². The van der Waals surface area contributed by atoms with Crippen molar-refractivity contribution in [2.75, 3.05) is 32.5 Å². The molecule has 16 heavy (non-hydrogen) atoms. The Morgan fingerprint density at radius 3 is 2.62 bits per heavy atom. The number of anilines is 1. The molecule has 4 heteroatoms. The predicted molar refractivity (Wildman–Crippen MR) is 64.7 cm³/mol. The molecule has 1 aromatic rings. The summed E-state index contributed by atoms with van der Waals surface area (Å²) in [6.07, 6.45) is 0. The van der Waals surface area contributed by atoms with E-state index in [4.69, 9.17) is 0 Å². The van der Waals surface area contributed by atoms with Crippen LogP contribution < -0.4 is 10.6 Å². The molecule has 1 heterocycles. The molecule has 0 aliphatic carbocycles. The molecule has 0 atom stereocenters. The molecule has 1 fully saturated rings. The number of hydrogen-bond donors (Lipinski definition) is 2. The standard InChI is InChI=1S/C12H17N3O/c1-15(2)12(16)10-5-3-4-6-11(10)14-9-7-13-8-9/h3-6,9,13-14H,7-8H2,1-2H3. The second-order valence-corrected chi connectivity index (χ2v) is 4.24. The van der Waals surface area contributed by atoms with Crippen molar-refractivity contribution < 1.29 is 4.79 Å². The molecule has 0 bridgehead atoms. The van der Waals surface area contributed by atoms with Gasteiger partial charge in [0.25, 0.3) is 5.91 Å². The second-order valence-electron chi connectivity index (χ2n) is 4.24. The van der Waals surface area contributed by atoms with E-state index in [9.17, 15) is 4.79 Å². The van der Waals surface area contributed by atoms with Gasteiger partial charge in [-0.1, -0.05) is 12.1 Å². The van der Waals surface area contributed by atoms with Crippen LogP contribution in [0.2, 0.25) is 0 Å². The van der Waals surface area contributed by atoms with Gasteiger partial charge in [0.05, 0.1) is 11.6 Å². The van der Waals surface area contributed by atoms with Gasteiger partial charge in [-0.15, -0.1) is 0 Å². The average Bonchev–Trinajstić information content (AvgIpc) is 2.23. The summed E-state index contributed by atoms with van der Waals surface area (Å²) >= 11 is 0. The third-order valence-electron chi connectivity index (χ3n) is 2.70. The maximum Gasteiger partial charge on any atom is 0.255 e. The summed E-state index contributed by atoms with van der Waals surface area (Å²) in [7, 11) is 3.54. The zero-order valence-corrected chi connectivity index (χ0v) is 9.66. The van der Waals surface area contributed by atoms with Gasteiger partial charge in [-0.3, -0.25) is 4.79 Å². The van der Waals surface area contributed by atoms with Crippen LogP contribution in [0.25, 0.3) is 0 Å². The fraction of sp³-hybridized carbons (Fsp3) is 0.417. The van der Waals surface area contributed by atoms with Crippen LogP contribution >= 0.6 is 0 Å². The third-order valence-corrected chi connectivity index (χ3v) is 2.70. The smallest absolute Gasteiger partial charge is 0.255 e. The Morgan fingerprint density at radius 2 is 2.06 bits per heavy atom. The Kier molecular flexibility index (Phi) is 3.10. The summed E-state index contributed by atoms with van der Waals surface area (Å²) in [6, 6.07) is 8.09. The number of nitrogens with one attached hydrogen (secondary N) is 2. The van der Waals surface area contributed by atoms with E-state index in [1.165, 1.54) is 0 Å². The highest BCUT2D eigenvalue weighted by atomic mass is 16.2. The molecule has 1 amide bonds. The normalized spacial score (nSPS) is 15.4.